The fourth-order valence-corrected chi connectivity index (χ4v) is 0.565. The van der Waals surface area contributed by atoms with Crippen molar-refractivity contribution in [2.45, 2.75) is 53.5 Å². The van der Waals surface area contributed by atoms with Crippen LogP contribution in [-0.4, -0.2) is 11.4 Å². The maximum atomic E-state index is 10.5. The number of rotatable bonds is 2. The van der Waals surface area contributed by atoms with Gasteiger partial charge in [0.2, 0.25) is 5.91 Å². The molecule has 0 aromatic rings. The van der Waals surface area contributed by atoms with Crippen molar-refractivity contribution in [3.05, 3.63) is 0 Å². The first-order chi connectivity index (χ1) is 4.98. The summed E-state index contributed by atoms with van der Waals surface area (Å²) < 4.78 is 0. The molecular formula is C9H21NO. The van der Waals surface area contributed by atoms with Crippen LogP contribution in [0.25, 0.3) is 0 Å². The zero-order valence-corrected chi connectivity index (χ0v) is 8.62. The molecule has 0 heterocycles. The van der Waals surface area contributed by atoms with Crippen LogP contribution in [0.15, 0.2) is 0 Å². The average Bonchev–Trinajstić information content (AvgIpc) is 1.90. The first kappa shape index (κ1) is 13.1. The summed E-state index contributed by atoms with van der Waals surface area (Å²) in [4.78, 5) is 10.5. The second-order valence-corrected chi connectivity index (χ2v) is 2.92. The van der Waals surface area contributed by atoms with Gasteiger partial charge in [-0.25, -0.2) is 0 Å². The molecule has 0 radical (unpaired) electrons. The highest BCUT2D eigenvalue weighted by atomic mass is 16.1. The normalized spacial score (nSPS) is 9.64. The van der Waals surface area contributed by atoms with Gasteiger partial charge in [0.25, 0.3) is 0 Å². The van der Waals surface area contributed by atoms with Crippen molar-refractivity contribution < 1.29 is 4.79 Å². The molecule has 2 heteroatoms. The largest absolute Gasteiger partial charge is 0.351 e. The number of hydrogen-bond donors (Lipinski definition) is 1. The monoisotopic (exact) mass is 159 g/mol. The molecule has 0 rings (SSSR count). The third-order valence-electron chi connectivity index (χ3n) is 1.40. The van der Waals surface area contributed by atoms with E-state index in [1.807, 2.05) is 27.7 Å². The topological polar surface area (TPSA) is 29.1 Å². The molecule has 0 spiro atoms. The molecule has 1 amide bonds. The van der Waals surface area contributed by atoms with E-state index < -0.39 is 0 Å². The number of hydrogen-bond acceptors (Lipinski definition) is 1. The number of carbonyl (C=O) groups excluding carboxylic acids is 1. The Labute approximate surface area is 70.4 Å². The number of nitrogens with one attached hydrogen (secondary N) is 1. The molecule has 1 N–H and O–H groups in total. The summed E-state index contributed by atoms with van der Waals surface area (Å²) in [5, 5.41) is 2.83. The minimum absolute atomic E-state index is 0.0359. The van der Waals surface area contributed by atoms with Gasteiger partial charge < -0.3 is 5.32 Å². The van der Waals surface area contributed by atoms with Crippen LogP contribution in [0, 0.1) is 0 Å². The van der Waals surface area contributed by atoms with Crippen LogP contribution in [-0.2, 0) is 4.79 Å². The van der Waals surface area contributed by atoms with E-state index in [9.17, 15) is 4.79 Å². The van der Waals surface area contributed by atoms with Crippen molar-refractivity contribution >= 4 is 5.91 Å². The van der Waals surface area contributed by atoms with Crippen molar-refractivity contribution in [1.29, 1.82) is 0 Å². The molecule has 0 unspecified atom stereocenters. The third-order valence-corrected chi connectivity index (χ3v) is 1.40. The summed E-state index contributed by atoms with van der Waals surface area (Å²) in [6.07, 6.45) is 0.965. The van der Waals surface area contributed by atoms with Crippen molar-refractivity contribution in [1.82, 2.24) is 5.32 Å². The number of amides is 1. The van der Waals surface area contributed by atoms with E-state index in [0.717, 1.165) is 6.42 Å². The molecule has 0 bridgehead atoms. The highest BCUT2D eigenvalue weighted by Crippen LogP contribution is 2.05. The molecule has 0 saturated heterocycles. The minimum Gasteiger partial charge on any atom is -0.351 e. The molecule has 0 atom stereocenters. The molecule has 0 aliphatic rings. The second kappa shape index (κ2) is 6.20. The maximum absolute atomic E-state index is 10.5. The van der Waals surface area contributed by atoms with Gasteiger partial charge in [0.1, 0.15) is 0 Å². The van der Waals surface area contributed by atoms with Gasteiger partial charge in [-0.1, -0.05) is 20.8 Å². The molecule has 0 fully saturated rings. The van der Waals surface area contributed by atoms with E-state index in [4.69, 9.17) is 0 Å². The fraction of sp³-hybridized carbons (Fsp3) is 0.889. The van der Waals surface area contributed by atoms with Crippen molar-refractivity contribution in [2.75, 3.05) is 0 Å². The third kappa shape index (κ3) is 9.47. The predicted molar refractivity (Wildman–Crippen MR) is 49.5 cm³/mol. The summed E-state index contributed by atoms with van der Waals surface area (Å²) in [5.41, 5.74) is -0.0359. The van der Waals surface area contributed by atoms with E-state index in [-0.39, 0.29) is 11.4 Å². The SMILES string of the molecule is CC.CCC(C)(C)NC(C)=O. The Balaban J connectivity index is 0. The van der Waals surface area contributed by atoms with E-state index in [2.05, 4.69) is 12.2 Å². The minimum atomic E-state index is -0.0359. The zero-order valence-electron chi connectivity index (χ0n) is 8.62. The Bertz CT molecular complexity index is 108. The first-order valence-corrected chi connectivity index (χ1v) is 4.26. The van der Waals surface area contributed by atoms with Crippen LogP contribution in [0.4, 0.5) is 0 Å². The maximum Gasteiger partial charge on any atom is 0.217 e. The van der Waals surface area contributed by atoms with E-state index in [1.165, 1.54) is 6.92 Å². The molecule has 0 aliphatic carbocycles. The van der Waals surface area contributed by atoms with Crippen LogP contribution >= 0.6 is 0 Å². The smallest absolute Gasteiger partial charge is 0.217 e. The van der Waals surface area contributed by atoms with Crippen LogP contribution in [0.3, 0.4) is 0 Å². The Kier molecular flexibility index (Phi) is 7.37. The number of carbonyl (C=O) groups is 1. The van der Waals surface area contributed by atoms with Crippen LogP contribution in [0.1, 0.15) is 48.0 Å². The molecule has 0 aromatic heterocycles. The van der Waals surface area contributed by atoms with Crippen molar-refractivity contribution in [2.24, 2.45) is 0 Å². The van der Waals surface area contributed by atoms with Gasteiger partial charge in [0.15, 0.2) is 0 Å². The highest BCUT2D eigenvalue weighted by Gasteiger charge is 2.14. The van der Waals surface area contributed by atoms with Crippen molar-refractivity contribution in [3.8, 4) is 0 Å². The molecule has 0 saturated carbocycles. The summed E-state index contributed by atoms with van der Waals surface area (Å²) in [7, 11) is 0. The molecule has 0 aromatic carbocycles. The van der Waals surface area contributed by atoms with E-state index in [1.54, 1.807) is 0 Å². The van der Waals surface area contributed by atoms with Gasteiger partial charge in [-0.05, 0) is 20.3 Å². The fourth-order valence-electron chi connectivity index (χ4n) is 0.565. The lowest BCUT2D eigenvalue weighted by Gasteiger charge is -2.23. The molecule has 0 aliphatic heterocycles. The lowest BCUT2D eigenvalue weighted by atomic mass is 10.0. The summed E-state index contributed by atoms with van der Waals surface area (Å²) >= 11 is 0. The standard InChI is InChI=1S/C7H15NO.C2H6/c1-5-7(3,4)8-6(2)9;1-2/h5H2,1-4H3,(H,8,9);1-2H3. The van der Waals surface area contributed by atoms with Gasteiger partial charge in [0.05, 0.1) is 0 Å². The summed E-state index contributed by atoms with van der Waals surface area (Å²) in [6, 6.07) is 0. The van der Waals surface area contributed by atoms with Gasteiger partial charge in [-0.3, -0.25) is 4.79 Å². The van der Waals surface area contributed by atoms with Gasteiger partial charge in [-0.2, -0.15) is 0 Å². The Morgan fingerprint density at radius 1 is 1.36 bits per heavy atom. The van der Waals surface area contributed by atoms with E-state index in [0.29, 0.717) is 0 Å². The second-order valence-electron chi connectivity index (χ2n) is 2.92. The highest BCUT2D eigenvalue weighted by molar-refractivity contribution is 5.73. The van der Waals surface area contributed by atoms with E-state index >= 15 is 0 Å². The first-order valence-electron chi connectivity index (χ1n) is 4.26. The van der Waals surface area contributed by atoms with Crippen LogP contribution in [0.5, 0.6) is 0 Å². The molecule has 68 valence electrons. The van der Waals surface area contributed by atoms with Gasteiger partial charge >= 0.3 is 0 Å². The Hall–Kier alpha value is -0.530. The van der Waals surface area contributed by atoms with Gasteiger partial charge in [0, 0.05) is 12.5 Å². The average molecular weight is 159 g/mol. The Morgan fingerprint density at radius 2 is 1.73 bits per heavy atom. The lowest BCUT2D eigenvalue weighted by Crippen LogP contribution is -2.41. The Morgan fingerprint density at radius 3 is 1.82 bits per heavy atom. The van der Waals surface area contributed by atoms with Gasteiger partial charge in [-0.15, -0.1) is 0 Å². The molecule has 11 heavy (non-hydrogen) atoms. The molecular weight excluding hydrogens is 138 g/mol. The van der Waals surface area contributed by atoms with Crippen molar-refractivity contribution in [3.63, 3.8) is 0 Å². The zero-order chi connectivity index (χ0) is 9.49. The predicted octanol–water partition coefficient (Wildman–Crippen LogP) is 2.34. The van der Waals surface area contributed by atoms with Crippen LogP contribution in [0.2, 0.25) is 0 Å². The quantitative estimate of drug-likeness (QED) is 0.658. The lowest BCUT2D eigenvalue weighted by molar-refractivity contribution is -0.120. The molecule has 2 nitrogen and oxygen atoms in total. The summed E-state index contributed by atoms with van der Waals surface area (Å²) in [6.45, 7) is 11.6. The van der Waals surface area contributed by atoms with Crippen LogP contribution < -0.4 is 5.32 Å². The summed E-state index contributed by atoms with van der Waals surface area (Å²) in [5.74, 6) is 0.0434.